The number of imide groups is 1. The second kappa shape index (κ2) is 6.99. The first kappa shape index (κ1) is 18.8. The summed E-state index contributed by atoms with van der Waals surface area (Å²) >= 11 is 0. The van der Waals surface area contributed by atoms with E-state index in [2.05, 4.69) is 0 Å². The monoisotopic (exact) mass is 365 g/mol. The molecule has 1 aliphatic rings. The highest BCUT2D eigenvalue weighted by atomic mass is 16.5. The highest BCUT2D eigenvalue weighted by Crippen LogP contribution is 2.48. The minimum atomic E-state index is -1.09. The molecule has 1 aliphatic heterocycles. The molecule has 1 heterocycles. The number of piperidine rings is 1. The molecular weight excluding hydrogens is 342 g/mol. The number of methoxy groups -OCH3 is 1. The molecule has 0 unspecified atom stereocenters. The van der Waals surface area contributed by atoms with Crippen LogP contribution in [0.2, 0.25) is 0 Å². The van der Waals surface area contributed by atoms with Crippen LogP contribution in [0.25, 0.3) is 0 Å². The van der Waals surface area contributed by atoms with Crippen molar-refractivity contribution in [2.75, 3.05) is 12.0 Å². The Balaban J connectivity index is 2.16. The number of amides is 2. The minimum absolute atomic E-state index is 0.328. The number of nitrogens with zero attached hydrogens (tertiary/aromatic N) is 1. The third-order valence-corrected chi connectivity index (χ3v) is 5.26. The van der Waals surface area contributed by atoms with Gasteiger partial charge in [0.15, 0.2) is 0 Å². The number of anilines is 1. The summed E-state index contributed by atoms with van der Waals surface area (Å²) in [6.07, 6.45) is 0. The van der Waals surface area contributed by atoms with E-state index in [4.69, 9.17) is 4.74 Å². The molecule has 0 aliphatic carbocycles. The summed E-state index contributed by atoms with van der Waals surface area (Å²) < 4.78 is 4.95. The molecule has 0 spiro atoms. The van der Waals surface area contributed by atoms with Gasteiger partial charge in [-0.2, -0.15) is 0 Å². The van der Waals surface area contributed by atoms with E-state index in [1.807, 2.05) is 49.4 Å². The molecule has 1 saturated heterocycles. The smallest absolute Gasteiger partial charge is 0.318 e. The SMILES string of the molecule is COC(=O)[C@@H]1C(=O)N(c2ccc(C)cc2)C(=O)C(C)(C)[C@H]1c1ccccc1. The zero-order valence-electron chi connectivity index (χ0n) is 15.9. The Bertz CT molecular complexity index is 871. The number of hydrogen-bond acceptors (Lipinski definition) is 4. The fraction of sp³-hybridized carbons (Fsp3) is 0.318. The fourth-order valence-electron chi connectivity index (χ4n) is 3.79. The van der Waals surface area contributed by atoms with Crippen LogP contribution in [-0.4, -0.2) is 24.9 Å². The summed E-state index contributed by atoms with van der Waals surface area (Å²) in [6, 6.07) is 16.3. The summed E-state index contributed by atoms with van der Waals surface area (Å²) in [7, 11) is 1.26. The number of rotatable bonds is 3. The molecule has 1 fully saturated rings. The van der Waals surface area contributed by atoms with Gasteiger partial charge in [0.2, 0.25) is 11.8 Å². The molecule has 5 nitrogen and oxygen atoms in total. The average Bonchev–Trinajstić information content (AvgIpc) is 2.66. The van der Waals surface area contributed by atoms with Crippen LogP contribution in [0.5, 0.6) is 0 Å². The molecule has 2 atom stereocenters. The van der Waals surface area contributed by atoms with Crippen molar-refractivity contribution < 1.29 is 19.1 Å². The summed E-state index contributed by atoms with van der Waals surface area (Å²) in [5.41, 5.74) is 1.27. The van der Waals surface area contributed by atoms with Crippen molar-refractivity contribution in [1.82, 2.24) is 0 Å². The van der Waals surface area contributed by atoms with Gasteiger partial charge in [-0.15, -0.1) is 0 Å². The predicted molar refractivity (Wildman–Crippen MR) is 102 cm³/mol. The number of benzene rings is 2. The van der Waals surface area contributed by atoms with E-state index in [-0.39, 0.29) is 5.91 Å². The molecule has 0 aromatic heterocycles. The van der Waals surface area contributed by atoms with Gasteiger partial charge in [-0.3, -0.25) is 14.4 Å². The lowest BCUT2D eigenvalue weighted by Gasteiger charge is -2.45. The molecule has 0 N–H and O–H groups in total. The van der Waals surface area contributed by atoms with Crippen LogP contribution < -0.4 is 4.90 Å². The van der Waals surface area contributed by atoms with E-state index < -0.39 is 29.1 Å². The van der Waals surface area contributed by atoms with E-state index in [0.717, 1.165) is 16.0 Å². The number of hydrogen-bond donors (Lipinski definition) is 0. The highest BCUT2D eigenvalue weighted by molar-refractivity contribution is 6.24. The highest BCUT2D eigenvalue weighted by Gasteiger charge is 2.57. The molecule has 3 rings (SSSR count). The molecule has 2 aromatic carbocycles. The predicted octanol–water partition coefficient (Wildman–Crippen LogP) is 3.47. The standard InChI is InChI=1S/C22H23NO4/c1-14-10-12-16(13-11-14)23-19(24)17(20(25)27-4)18(22(2,3)21(23)26)15-8-6-5-7-9-15/h5-13,17-18H,1-4H3/t17-,18-/m0/s1. The largest absolute Gasteiger partial charge is 0.468 e. The van der Waals surface area contributed by atoms with Gasteiger partial charge in [0.05, 0.1) is 18.2 Å². The Labute approximate surface area is 158 Å². The van der Waals surface area contributed by atoms with Gasteiger partial charge >= 0.3 is 5.97 Å². The van der Waals surface area contributed by atoms with Crippen molar-refractivity contribution in [1.29, 1.82) is 0 Å². The Morgan fingerprint density at radius 2 is 1.59 bits per heavy atom. The van der Waals surface area contributed by atoms with Crippen molar-refractivity contribution in [2.24, 2.45) is 11.3 Å². The van der Waals surface area contributed by atoms with E-state index in [1.54, 1.807) is 26.0 Å². The third-order valence-electron chi connectivity index (χ3n) is 5.26. The van der Waals surface area contributed by atoms with Gasteiger partial charge in [0.25, 0.3) is 0 Å². The topological polar surface area (TPSA) is 63.7 Å². The Hall–Kier alpha value is -2.95. The Morgan fingerprint density at radius 1 is 1.00 bits per heavy atom. The number of esters is 1. The van der Waals surface area contributed by atoms with E-state index in [1.165, 1.54) is 7.11 Å². The lowest BCUT2D eigenvalue weighted by molar-refractivity contribution is -0.156. The summed E-state index contributed by atoms with van der Waals surface area (Å²) in [5.74, 6) is -3.21. The van der Waals surface area contributed by atoms with Crippen LogP contribution >= 0.6 is 0 Å². The average molecular weight is 365 g/mol. The third kappa shape index (κ3) is 3.14. The molecular formula is C22H23NO4. The normalized spacial score (nSPS) is 21.9. The van der Waals surface area contributed by atoms with E-state index in [0.29, 0.717) is 5.69 Å². The lowest BCUT2D eigenvalue weighted by Crippen LogP contribution is -2.59. The lowest BCUT2D eigenvalue weighted by atomic mass is 9.64. The van der Waals surface area contributed by atoms with Crippen LogP contribution in [0.1, 0.15) is 30.9 Å². The van der Waals surface area contributed by atoms with Gasteiger partial charge in [0.1, 0.15) is 5.92 Å². The van der Waals surface area contributed by atoms with E-state index in [9.17, 15) is 14.4 Å². The summed E-state index contributed by atoms with van der Waals surface area (Å²) in [4.78, 5) is 40.4. The molecule has 0 radical (unpaired) electrons. The molecule has 2 aromatic rings. The second-order valence-electron chi connectivity index (χ2n) is 7.43. The first-order valence-electron chi connectivity index (χ1n) is 8.87. The first-order valence-corrected chi connectivity index (χ1v) is 8.87. The molecule has 27 heavy (non-hydrogen) atoms. The van der Waals surface area contributed by atoms with Gasteiger partial charge in [0, 0.05) is 5.92 Å². The van der Waals surface area contributed by atoms with E-state index >= 15 is 0 Å². The van der Waals surface area contributed by atoms with Gasteiger partial charge in [-0.25, -0.2) is 4.90 Å². The minimum Gasteiger partial charge on any atom is -0.468 e. The zero-order chi connectivity index (χ0) is 19.8. The van der Waals surface area contributed by atoms with Crippen molar-refractivity contribution in [2.45, 2.75) is 26.7 Å². The molecule has 0 bridgehead atoms. The molecule has 140 valence electrons. The summed E-state index contributed by atoms with van der Waals surface area (Å²) in [5, 5.41) is 0. The zero-order valence-corrected chi connectivity index (χ0v) is 15.9. The Kier molecular flexibility index (Phi) is 4.87. The first-order chi connectivity index (χ1) is 12.8. The van der Waals surface area contributed by atoms with Crippen LogP contribution in [0, 0.1) is 18.3 Å². The summed E-state index contributed by atoms with van der Waals surface area (Å²) in [6.45, 7) is 5.48. The van der Waals surface area contributed by atoms with Gasteiger partial charge < -0.3 is 4.74 Å². The quantitative estimate of drug-likeness (QED) is 0.475. The van der Waals surface area contributed by atoms with Crippen LogP contribution in [-0.2, 0) is 19.1 Å². The molecule has 0 saturated carbocycles. The number of carbonyl (C=O) groups is 3. The van der Waals surface area contributed by atoms with Gasteiger partial charge in [-0.05, 0) is 24.6 Å². The maximum absolute atomic E-state index is 13.3. The number of aryl methyl sites for hydroxylation is 1. The maximum atomic E-state index is 13.3. The fourth-order valence-corrected chi connectivity index (χ4v) is 3.79. The Morgan fingerprint density at radius 3 is 2.15 bits per heavy atom. The van der Waals surface area contributed by atoms with Gasteiger partial charge in [-0.1, -0.05) is 61.9 Å². The number of carbonyl (C=O) groups excluding carboxylic acids is 3. The maximum Gasteiger partial charge on any atom is 0.318 e. The van der Waals surface area contributed by atoms with Crippen molar-refractivity contribution in [3.05, 3.63) is 65.7 Å². The molecule has 2 amide bonds. The van der Waals surface area contributed by atoms with Crippen LogP contribution in [0.4, 0.5) is 5.69 Å². The second-order valence-corrected chi connectivity index (χ2v) is 7.43. The van der Waals surface area contributed by atoms with Crippen molar-refractivity contribution in [3.8, 4) is 0 Å². The number of ether oxygens (including phenoxy) is 1. The molecule has 5 heteroatoms. The van der Waals surface area contributed by atoms with Crippen molar-refractivity contribution in [3.63, 3.8) is 0 Å². The van der Waals surface area contributed by atoms with Crippen LogP contribution in [0.3, 0.4) is 0 Å². The van der Waals surface area contributed by atoms with Crippen LogP contribution in [0.15, 0.2) is 54.6 Å². The van der Waals surface area contributed by atoms with Crippen molar-refractivity contribution >= 4 is 23.5 Å².